The van der Waals surface area contributed by atoms with Crippen molar-refractivity contribution in [3.05, 3.63) is 53.0 Å². The Morgan fingerprint density at radius 2 is 2.35 bits per heavy atom. The van der Waals surface area contributed by atoms with Gasteiger partial charge < -0.3 is 19.5 Å². The van der Waals surface area contributed by atoms with Gasteiger partial charge in [-0.1, -0.05) is 0 Å². The Kier molecular flexibility index (Phi) is 4.38. The molecule has 2 aromatic rings. The van der Waals surface area contributed by atoms with Crippen LogP contribution in [0.4, 0.5) is 4.39 Å². The molecule has 0 saturated heterocycles. The average molecular weight is 318 g/mol. The lowest BCUT2D eigenvalue weighted by atomic mass is 10.1. The predicted molar refractivity (Wildman–Crippen MR) is 78.6 cm³/mol. The number of rotatable bonds is 4. The predicted octanol–water partition coefficient (Wildman–Crippen LogP) is 2.03. The summed E-state index contributed by atoms with van der Waals surface area (Å²) >= 11 is 0. The van der Waals surface area contributed by atoms with E-state index in [0.29, 0.717) is 22.4 Å². The Hall–Kier alpha value is -2.67. The van der Waals surface area contributed by atoms with Crippen LogP contribution in [0.2, 0.25) is 0 Å². The van der Waals surface area contributed by atoms with Crippen LogP contribution >= 0.6 is 0 Å². The maximum atomic E-state index is 13.7. The molecule has 0 aliphatic carbocycles. The second-order valence-corrected chi connectivity index (χ2v) is 4.91. The molecule has 1 aliphatic heterocycles. The number of methoxy groups -OCH3 is 1. The number of amides is 1. The molecule has 1 aromatic carbocycles. The lowest BCUT2D eigenvalue weighted by Gasteiger charge is -2.21. The highest BCUT2D eigenvalue weighted by molar-refractivity contribution is 5.96. The van der Waals surface area contributed by atoms with E-state index in [-0.39, 0.29) is 31.7 Å². The van der Waals surface area contributed by atoms with Crippen molar-refractivity contribution in [2.24, 2.45) is 0 Å². The molecule has 23 heavy (non-hydrogen) atoms. The molecule has 1 aliphatic rings. The standard InChI is InChI=1S/C16H15FN2O4/c1-21-16-13(3-2-4-18-16)15(20)19-7-10-5-12(17)6-11-8-22-9-23-14(10)11/h2-6H,7-9H2,1H3,(H,19,20). The number of fused-ring (bicyclic) bond motifs is 1. The van der Waals surface area contributed by atoms with Crippen molar-refractivity contribution in [2.75, 3.05) is 13.9 Å². The lowest BCUT2D eigenvalue weighted by molar-refractivity contribution is -0.0173. The van der Waals surface area contributed by atoms with Crippen LogP contribution in [0, 0.1) is 5.82 Å². The van der Waals surface area contributed by atoms with E-state index in [1.165, 1.54) is 25.4 Å². The highest BCUT2D eigenvalue weighted by Crippen LogP contribution is 2.29. The molecule has 7 heteroatoms. The van der Waals surface area contributed by atoms with Gasteiger partial charge in [0.1, 0.15) is 17.1 Å². The molecule has 0 fully saturated rings. The lowest BCUT2D eigenvalue weighted by Crippen LogP contribution is -2.25. The van der Waals surface area contributed by atoms with Gasteiger partial charge in [0.2, 0.25) is 5.88 Å². The smallest absolute Gasteiger partial charge is 0.257 e. The summed E-state index contributed by atoms with van der Waals surface area (Å²) in [7, 11) is 1.44. The Morgan fingerprint density at radius 1 is 1.48 bits per heavy atom. The number of carbonyl (C=O) groups excluding carboxylic acids is 1. The molecule has 0 spiro atoms. The van der Waals surface area contributed by atoms with E-state index in [2.05, 4.69) is 10.3 Å². The SMILES string of the molecule is COc1ncccc1C(=O)NCc1cc(F)cc2c1OCOC2. The fraction of sp³-hybridized carbons (Fsp3) is 0.250. The number of nitrogens with zero attached hydrogens (tertiary/aromatic N) is 1. The third kappa shape index (κ3) is 3.24. The van der Waals surface area contributed by atoms with E-state index < -0.39 is 5.82 Å². The first-order chi connectivity index (χ1) is 11.2. The molecular weight excluding hydrogens is 303 g/mol. The van der Waals surface area contributed by atoms with Gasteiger partial charge in [0.15, 0.2) is 6.79 Å². The zero-order valence-corrected chi connectivity index (χ0v) is 12.5. The van der Waals surface area contributed by atoms with Gasteiger partial charge in [-0.3, -0.25) is 4.79 Å². The van der Waals surface area contributed by atoms with Gasteiger partial charge in [0.05, 0.1) is 13.7 Å². The maximum absolute atomic E-state index is 13.7. The molecule has 2 heterocycles. The van der Waals surface area contributed by atoms with Crippen LogP contribution in [0.1, 0.15) is 21.5 Å². The van der Waals surface area contributed by atoms with Gasteiger partial charge >= 0.3 is 0 Å². The van der Waals surface area contributed by atoms with Crippen LogP contribution in [0.25, 0.3) is 0 Å². The molecule has 6 nitrogen and oxygen atoms in total. The summed E-state index contributed by atoms with van der Waals surface area (Å²) in [4.78, 5) is 16.2. The third-order valence-corrected chi connectivity index (χ3v) is 3.40. The van der Waals surface area contributed by atoms with Crippen LogP contribution in [0.5, 0.6) is 11.6 Å². The molecule has 0 bridgehead atoms. The first kappa shape index (κ1) is 15.2. The zero-order valence-electron chi connectivity index (χ0n) is 12.5. The van der Waals surface area contributed by atoms with Crippen LogP contribution in [-0.4, -0.2) is 24.8 Å². The summed E-state index contributed by atoms with van der Waals surface area (Å²) in [6.07, 6.45) is 1.53. The third-order valence-electron chi connectivity index (χ3n) is 3.40. The number of hydrogen-bond acceptors (Lipinski definition) is 5. The van der Waals surface area contributed by atoms with Crippen LogP contribution < -0.4 is 14.8 Å². The van der Waals surface area contributed by atoms with E-state index in [1.807, 2.05) is 0 Å². The van der Waals surface area contributed by atoms with Gasteiger partial charge in [0, 0.05) is 23.9 Å². The summed E-state index contributed by atoms with van der Waals surface area (Å²) in [6.45, 7) is 0.511. The van der Waals surface area contributed by atoms with Crippen molar-refractivity contribution in [3.63, 3.8) is 0 Å². The second-order valence-electron chi connectivity index (χ2n) is 4.91. The van der Waals surface area contributed by atoms with Crippen molar-refractivity contribution in [3.8, 4) is 11.6 Å². The molecule has 1 N–H and O–H groups in total. The molecule has 120 valence electrons. The van der Waals surface area contributed by atoms with E-state index in [1.54, 1.807) is 12.1 Å². The van der Waals surface area contributed by atoms with Gasteiger partial charge in [0.25, 0.3) is 5.91 Å². The molecule has 1 amide bonds. The maximum Gasteiger partial charge on any atom is 0.257 e. The van der Waals surface area contributed by atoms with E-state index >= 15 is 0 Å². The molecule has 0 atom stereocenters. The Morgan fingerprint density at radius 3 is 3.17 bits per heavy atom. The van der Waals surface area contributed by atoms with Gasteiger partial charge in [-0.15, -0.1) is 0 Å². The summed E-state index contributed by atoms with van der Waals surface area (Å²) in [5.41, 5.74) is 1.49. The monoisotopic (exact) mass is 318 g/mol. The van der Waals surface area contributed by atoms with E-state index in [0.717, 1.165) is 0 Å². The van der Waals surface area contributed by atoms with Crippen molar-refractivity contribution < 1.29 is 23.4 Å². The minimum Gasteiger partial charge on any atom is -0.480 e. The van der Waals surface area contributed by atoms with Crippen molar-refractivity contribution in [2.45, 2.75) is 13.2 Å². The van der Waals surface area contributed by atoms with Crippen LogP contribution in [0.3, 0.4) is 0 Å². The number of carbonyl (C=O) groups is 1. The van der Waals surface area contributed by atoms with Gasteiger partial charge in [-0.05, 0) is 24.3 Å². The number of aromatic nitrogens is 1. The summed E-state index contributed by atoms with van der Waals surface area (Å²) in [5.74, 6) is 0.0214. The van der Waals surface area contributed by atoms with Crippen molar-refractivity contribution >= 4 is 5.91 Å². The van der Waals surface area contributed by atoms with Gasteiger partial charge in [-0.25, -0.2) is 9.37 Å². The van der Waals surface area contributed by atoms with Crippen molar-refractivity contribution in [1.82, 2.24) is 10.3 Å². The second kappa shape index (κ2) is 6.62. The van der Waals surface area contributed by atoms with Crippen LogP contribution in [-0.2, 0) is 17.9 Å². The number of benzene rings is 1. The van der Waals surface area contributed by atoms with E-state index in [4.69, 9.17) is 14.2 Å². The average Bonchev–Trinajstić information content (AvgIpc) is 2.59. The van der Waals surface area contributed by atoms with Gasteiger partial charge in [-0.2, -0.15) is 0 Å². The van der Waals surface area contributed by atoms with Crippen molar-refractivity contribution in [1.29, 1.82) is 0 Å². The van der Waals surface area contributed by atoms with E-state index in [9.17, 15) is 9.18 Å². The number of nitrogens with one attached hydrogen (secondary N) is 1. The Balaban J connectivity index is 1.78. The summed E-state index contributed by atoms with van der Waals surface area (Å²) < 4.78 is 29.3. The minimum atomic E-state index is -0.402. The topological polar surface area (TPSA) is 69.7 Å². The number of halogens is 1. The van der Waals surface area contributed by atoms with Crippen LogP contribution in [0.15, 0.2) is 30.5 Å². The molecule has 3 rings (SSSR count). The zero-order chi connectivity index (χ0) is 16.2. The Labute approximate surface area is 132 Å². The highest BCUT2D eigenvalue weighted by atomic mass is 19.1. The number of hydrogen-bond donors (Lipinski definition) is 1. The molecule has 0 unspecified atom stereocenters. The largest absolute Gasteiger partial charge is 0.480 e. The summed E-state index contributed by atoms with van der Waals surface area (Å²) in [6, 6.07) is 5.95. The molecular formula is C16H15FN2O4. The summed E-state index contributed by atoms with van der Waals surface area (Å²) in [5, 5.41) is 2.72. The first-order valence-corrected chi connectivity index (χ1v) is 6.98. The quantitative estimate of drug-likeness (QED) is 0.934. The first-order valence-electron chi connectivity index (χ1n) is 6.98. The normalized spacial score (nSPS) is 13.0. The fourth-order valence-electron chi connectivity index (χ4n) is 2.39. The molecule has 0 saturated carbocycles. The molecule has 0 radical (unpaired) electrons. The number of ether oxygens (including phenoxy) is 3. The minimum absolute atomic E-state index is 0.107. The fourth-order valence-corrected chi connectivity index (χ4v) is 2.39. The number of pyridine rings is 1. The highest BCUT2D eigenvalue weighted by Gasteiger charge is 2.18. The molecule has 1 aromatic heterocycles. The Bertz CT molecular complexity index is 736.